The van der Waals surface area contributed by atoms with E-state index in [1.807, 2.05) is 32.0 Å². The second kappa shape index (κ2) is 6.40. The first-order chi connectivity index (χ1) is 8.04. The van der Waals surface area contributed by atoms with Crippen molar-refractivity contribution in [2.45, 2.75) is 39.2 Å². The van der Waals surface area contributed by atoms with Crippen LogP contribution in [-0.2, 0) is 9.53 Å². The summed E-state index contributed by atoms with van der Waals surface area (Å²) >= 11 is 0. The lowest BCUT2D eigenvalue weighted by Crippen LogP contribution is -2.04. The monoisotopic (exact) mass is 236 g/mol. The molecule has 0 radical (unpaired) electrons. The fourth-order valence-electron chi connectivity index (χ4n) is 1.82. The average molecular weight is 236 g/mol. The largest absolute Gasteiger partial charge is 0.469 e. The standard InChI is InChI=1S/C14H20O3/c1-10-7-8-11(2)12(9-10)13(15)5-4-6-14(16)17-3/h7-9,13,15H,4-6H2,1-3H3. The molecule has 1 aromatic carbocycles. The highest BCUT2D eigenvalue weighted by atomic mass is 16.5. The van der Waals surface area contributed by atoms with Crippen LogP contribution in [0.3, 0.4) is 0 Å². The normalized spacial score (nSPS) is 12.2. The van der Waals surface area contributed by atoms with Crippen LogP contribution in [-0.4, -0.2) is 18.2 Å². The molecule has 94 valence electrons. The lowest BCUT2D eigenvalue weighted by atomic mass is 9.97. The van der Waals surface area contributed by atoms with E-state index in [-0.39, 0.29) is 5.97 Å². The minimum atomic E-state index is -0.500. The maximum absolute atomic E-state index is 10.9. The van der Waals surface area contributed by atoms with Gasteiger partial charge in [0.15, 0.2) is 0 Å². The third-order valence-electron chi connectivity index (χ3n) is 2.88. The first-order valence-corrected chi connectivity index (χ1v) is 5.86. The Morgan fingerprint density at radius 2 is 2.12 bits per heavy atom. The molecule has 0 aromatic heterocycles. The molecule has 0 saturated heterocycles. The molecule has 0 bridgehead atoms. The predicted molar refractivity (Wildman–Crippen MR) is 66.7 cm³/mol. The zero-order valence-electron chi connectivity index (χ0n) is 10.7. The number of esters is 1. The maximum atomic E-state index is 10.9. The number of aliphatic hydroxyl groups is 1. The van der Waals surface area contributed by atoms with Crippen LogP contribution in [0.5, 0.6) is 0 Å². The van der Waals surface area contributed by atoms with Crippen molar-refractivity contribution in [3.05, 3.63) is 34.9 Å². The van der Waals surface area contributed by atoms with Crippen LogP contribution in [0.4, 0.5) is 0 Å². The average Bonchev–Trinajstić information content (AvgIpc) is 2.31. The van der Waals surface area contributed by atoms with E-state index in [9.17, 15) is 9.90 Å². The molecule has 1 aromatic rings. The number of hydrogen-bond donors (Lipinski definition) is 1. The first-order valence-electron chi connectivity index (χ1n) is 5.86. The van der Waals surface area contributed by atoms with Gasteiger partial charge in [-0.2, -0.15) is 0 Å². The summed E-state index contributed by atoms with van der Waals surface area (Å²) in [5.74, 6) is -0.224. The highest BCUT2D eigenvalue weighted by Gasteiger charge is 2.11. The van der Waals surface area contributed by atoms with Gasteiger partial charge in [0.05, 0.1) is 13.2 Å². The molecule has 0 fully saturated rings. The van der Waals surface area contributed by atoms with Gasteiger partial charge in [0.25, 0.3) is 0 Å². The Hall–Kier alpha value is -1.35. The van der Waals surface area contributed by atoms with Crippen LogP contribution in [0.15, 0.2) is 18.2 Å². The number of benzene rings is 1. The zero-order chi connectivity index (χ0) is 12.8. The van der Waals surface area contributed by atoms with Gasteiger partial charge in [-0.05, 0) is 37.8 Å². The van der Waals surface area contributed by atoms with Crippen LogP contribution >= 0.6 is 0 Å². The first kappa shape index (κ1) is 13.7. The topological polar surface area (TPSA) is 46.5 Å². The number of hydrogen-bond acceptors (Lipinski definition) is 3. The summed E-state index contributed by atoms with van der Waals surface area (Å²) in [5, 5.41) is 10.1. The van der Waals surface area contributed by atoms with E-state index in [0.717, 1.165) is 16.7 Å². The van der Waals surface area contributed by atoms with Gasteiger partial charge in [-0.1, -0.05) is 23.8 Å². The Labute approximate surface area is 102 Å². The molecule has 0 heterocycles. The zero-order valence-corrected chi connectivity index (χ0v) is 10.7. The van der Waals surface area contributed by atoms with Gasteiger partial charge in [-0.3, -0.25) is 4.79 Å². The predicted octanol–water partition coefficient (Wildman–Crippen LogP) is 2.68. The Morgan fingerprint density at radius 3 is 2.76 bits per heavy atom. The van der Waals surface area contributed by atoms with Crippen molar-refractivity contribution in [3.8, 4) is 0 Å². The number of rotatable bonds is 5. The van der Waals surface area contributed by atoms with Gasteiger partial charge in [0, 0.05) is 6.42 Å². The maximum Gasteiger partial charge on any atom is 0.305 e. The molecule has 1 unspecified atom stereocenters. The van der Waals surface area contributed by atoms with Crippen LogP contribution in [0.25, 0.3) is 0 Å². The SMILES string of the molecule is COC(=O)CCCC(O)c1cc(C)ccc1C. The second-order valence-electron chi connectivity index (χ2n) is 4.34. The molecule has 0 spiro atoms. The van der Waals surface area contributed by atoms with Crippen LogP contribution in [0, 0.1) is 13.8 Å². The minimum Gasteiger partial charge on any atom is -0.469 e. The molecule has 1 atom stereocenters. The van der Waals surface area contributed by atoms with Crippen LogP contribution in [0.2, 0.25) is 0 Å². The van der Waals surface area contributed by atoms with Crippen LogP contribution in [0.1, 0.15) is 42.1 Å². The Balaban J connectivity index is 2.54. The third-order valence-corrected chi connectivity index (χ3v) is 2.88. The van der Waals surface area contributed by atoms with Crippen molar-refractivity contribution < 1.29 is 14.6 Å². The van der Waals surface area contributed by atoms with E-state index in [0.29, 0.717) is 19.3 Å². The van der Waals surface area contributed by atoms with E-state index in [1.165, 1.54) is 7.11 Å². The minimum absolute atomic E-state index is 0.224. The summed E-state index contributed by atoms with van der Waals surface area (Å²) < 4.78 is 4.56. The number of ether oxygens (including phenoxy) is 1. The fraction of sp³-hybridized carbons (Fsp3) is 0.500. The quantitative estimate of drug-likeness (QED) is 0.799. The Bertz CT molecular complexity index is 385. The summed E-state index contributed by atoms with van der Waals surface area (Å²) in [5.41, 5.74) is 3.17. The molecule has 3 nitrogen and oxygen atoms in total. The van der Waals surface area contributed by atoms with Crippen molar-refractivity contribution >= 4 is 5.97 Å². The number of carbonyl (C=O) groups excluding carboxylic acids is 1. The molecule has 1 N–H and O–H groups in total. The van der Waals surface area contributed by atoms with Gasteiger partial charge in [0.2, 0.25) is 0 Å². The third kappa shape index (κ3) is 4.19. The summed E-state index contributed by atoms with van der Waals surface area (Å²) in [4.78, 5) is 10.9. The summed E-state index contributed by atoms with van der Waals surface area (Å²) in [7, 11) is 1.38. The fourth-order valence-corrected chi connectivity index (χ4v) is 1.82. The summed E-state index contributed by atoms with van der Waals surface area (Å²) in [6.45, 7) is 3.99. The number of methoxy groups -OCH3 is 1. The second-order valence-corrected chi connectivity index (χ2v) is 4.34. The molecular formula is C14H20O3. The Morgan fingerprint density at radius 1 is 1.41 bits per heavy atom. The van der Waals surface area contributed by atoms with Crippen molar-refractivity contribution in [1.82, 2.24) is 0 Å². The molecule has 0 aliphatic rings. The molecule has 0 aliphatic heterocycles. The molecule has 17 heavy (non-hydrogen) atoms. The van der Waals surface area contributed by atoms with E-state index < -0.39 is 6.10 Å². The summed E-state index contributed by atoms with van der Waals surface area (Å²) in [6.07, 6.45) is 1.08. The van der Waals surface area contributed by atoms with Gasteiger partial charge >= 0.3 is 5.97 Å². The lowest BCUT2D eigenvalue weighted by molar-refractivity contribution is -0.140. The molecule has 1 rings (SSSR count). The van der Waals surface area contributed by atoms with E-state index >= 15 is 0 Å². The van der Waals surface area contributed by atoms with Crippen molar-refractivity contribution in [3.63, 3.8) is 0 Å². The number of carbonyl (C=O) groups is 1. The van der Waals surface area contributed by atoms with Gasteiger partial charge in [-0.25, -0.2) is 0 Å². The smallest absolute Gasteiger partial charge is 0.305 e. The lowest BCUT2D eigenvalue weighted by Gasteiger charge is -2.14. The number of aryl methyl sites for hydroxylation is 2. The van der Waals surface area contributed by atoms with Gasteiger partial charge < -0.3 is 9.84 Å². The molecule has 3 heteroatoms. The van der Waals surface area contributed by atoms with E-state index in [2.05, 4.69) is 4.74 Å². The molecule has 0 saturated carbocycles. The summed E-state index contributed by atoms with van der Waals surface area (Å²) in [6, 6.07) is 6.03. The number of aliphatic hydroxyl groups excluding tert-OH is 1. The van der Waals surface area contributed by atoms with Crippen molar-refractivity contribution in [2.75, 3.05) is 7.11 Å². The molecule has 0 amide bonds. The van der Waals surface area contributed by atoms with Crippen molar-refractivity contribution in [1.29, 1.82) is 0 Å². The van der Waals surface area contributed by atoms with E-state index in [1.54, 1.807) is 0 Å². The highest BCUT2D eigenvalue weighted by Crippen LogP contribution is 2.23. The van der Waals surface area contributed by atoms with Gasteiger partial charge in [-0.15, -0.1) is 0 Å². The van der Waals surface area contributed by atoms with Crippen molar-refractivity contribution in [2.24, 2.45) is 0 Å². The van der Waals surface area contributed by atoms with Crippen LogP contribution < -0.4 is 0 Å². The Kier molecular flexibility index (Phi) is 5.16. The molecular weight excluding hydrogens is 216 g/mol. The molecule has 0 aliphatic carbocycles. The van der Waals surface area contributed by atoms with E-state index in [4.69, 9.17) is 0 Å². The highest BCUT2D eigenvalue weighted by molar-refractivity contribution is 5.68. The van der Waals surface area contributed by atoms with Gasteiger partial charge in [0.1, 0.15) is 0 Å².